The second-order valence-corrected chi connectivity index (χ2v) is 5.69. The van der Waals surface area contributed by atoms with Crippen LogP contribution < -0.4 is 0 Å². The number of carbonyl (C=O) groups excluding carboxylic acids is 1. The van der Waals surface area contributed by atoms with E-state index in [0.29, 0.717) is 6.61 Å². The minimum Gasteiger partial charge on any atom is -0.376 e. The van der Waals surface area contributed by atoms with Crippen molar-refractivity contribution in [1.29, 1.82) is 0 Å². The highest BCUT2D eigenvalue weighted by molar-refractivity contribution is 5.50. The van der Waals surface area contributed by atoms with Crippen LogP contribution in [0.1, 0.15) is 12.0 Å². The lowest BCUT2D eigenvalue weighted by Crippen LogP contribution is -2.60. The highest BCUT2D eigenvalue weighted by atomic mass is 16.6. The van der Waals surface area contributed by atoms with Crippen molar-refractivity contribution in [2.45, 2.75) is 43.5 Å². The third-order valence-electron chi connectivity index (χ3n) is 4.21. The Labute approximate surface area is 146 Å². The monoisotopic (exact) mass is 349 g/mol. The largest absolute Gasteiger partial charge is 0.376 e. The van der Waals surface area contributed by atoms with Crippen LogP contribution in [0, 0.1) is 0 Å². The number of azide groups is 1. The topological polar surface area (TPSA) is 103 Å². The standard InChI is InChI=1S/C17H23N3O5/c1-22-15-13(8-9-21)25-14(10-19-20-18)16(23-2)17(15)24-11-12-6-4-3-5-7-12/h3-7,9,13-17H,8,10-11H2,1-2H3/t13-,14-,15+,16-,17-/m1/s1. The van der Waals surface area contributed by atoms with Gasteiger partial charge >= 0.3 is 0 Å². The summed E-state index contributed by atoms with van der Waals surface area (Å²) in [7, 11) is 3.09. The molecule has 1 fully saturated rings. The molecular formula is C17H23N3O5. The summed E-state index contributed by atoms with van der Waals surface area (Å²) in [6.07, 6.45) is -1.49. The van der Waals surface area contributed by atoms with E-state index in [9.17, 15) is 4.79 Å². The molecule has 0 aliphatic carbocycles. The molecule has 1 aromatic carbocycles. The van der Waals surface area contributed by atoms with Gasteiger partial charge in [0.25, 0.3) is 0 Å². The molecule has 25 heavy (non-hydrogen) atoms. The first kappa shape index (κ1) is 19.4. The van der Waals surface area contributed by atoms with Gasteiger partial charge in [-0.25, -0.2) is 0 Å². The SMILES string of the molecule is CO[C@@H]1[C@@H](OCc2ccccc2)[C@H](OC)[C@@H](CN=[N+]=[N-])O[C@@H]1CC=O. The Kier molecular flexibility index (Phi) is 7.84. The summed E-state index contributed by atoms with van der Waals surface area (Å²) >= 11 is 0. The lowest BCUT2D eigenvalue weighted by Gasteiger charge is -2.45. The normalized spacial score (nSPS) is 29.0. The van der Waals surface area contributed by atoms with Gasteiger partial charge in [0.1, 0.15) is 24.6 Å². The molecular weight excluding hydrogens is 326 g/mol. The van der Waals surface area contributed by atoms with Crippen LogP contribution >= 0.6 is 0 Å². The summed E-state index contributed by atoms with van der Waals surface area (Å²) in [6.45, 7) is 0.458. The van der Waals surface area contributed by atoms with E-state index in [2.05, 4.69) is 10.0 Å². The summed E-state index contributed by atoms with van der Waals surface area (Å²) in [5.74, 6) is 0. The molecule has 5 atom stereocenters. The molecule has 136 valence electrons. The zero-order chi connectivity index (χ0) is 18.1. The second kappa shape index (κ2) is 10.1. The summed E-state index contributed by atoms with van der Waals surface area (Å²) in [5.41, 5.74) is 9.60. The fourth-order valence-corrected chi connectivity index (χ4v) is 3.07. The first-order valence-corrected chi connectivity index (χ1v) is 8.06. The lowest BCUT2D eigenvalue weighted by molar-refractivity contribution is -0.247. The van der Waals surface area contributed by atoms with Crippen LogP contribution in [-0.4, -0.2) is 57.6 Å². The van der Waals surface area contributed by atoms with Crippen LogP contribution in [0.15, 0.2) is 35.4 Å². The number of carbonyl (C=O) groups is 1. The van der Waals surface area contributed by atoms with E-state index in [0.717, 1.165) is 11.8 Å². The van der Waals surface area contributed by atoms with Gasteiger partial charge in [0, 0.05) is 25.6 Å². The minimum absolute atomic E-state index is 0.0893. The van der Waals surface area contributed by atoms with Crippen molar-refractivity contribution in [1.82, 2.24) is 0 Å². The highest BCUT2D eigenvalue weighted by Crippen LogP contribution is 2.29. The van der Waals surface area contributed by atoms with Crippen molar-refractivity contribution in [3.8, 4) is 0 Å². The number of benzene rings is 1. The van der Waals surface area contributed by atoms with Gasteiger partial charge in [-0.15, -0.1) is 0 Å². The van der Waals surface area contributed by atoms with Crippen molar-refractivity contribution in [3.05, 3.63) is 46.3 Å². The smallest absolute Gasteiger partial charge is 0.122 e. The number of nitrogens with zero attached hydrogens (tertiary/aromatic N) is 3. The number of methoxy groups -OCH3 is 2. The van der Waals surface area contributed by atoms with Gasteiger partial charge in [-0.3, -0.25) is 0 Å². The molecule has 0 N–H and O–H groups in total. The van der Waals surface area contributed by atoms with Gasteiger partial charge < -0.3 is 23.7 Å². The summed E-state index contributed by atoms with van der Waals surface area (Å²) in [5, 5.41) is 3.58. The van der Waals surface area contributed by atoms with Gasteiger partial charge in [0.2, 0.25) is 0 Å². The van der Waals surface area contributed by atoms with E-state index in [-0.39, 0.29) is 13.0 Å². The molecule has 1 heterocycles. The predicted molar refractivity (Wildman–Crippen MR) is 90.0 cm³/mol. The number of hydrogen-bond acceptors (Lipinski definition) is 6. The van der Waals surface area contributed by atoms with Crippen molar-refractivity contribution in [2.75, 3.05) is 20.8 Å². The number of aldehydes is 1. The number of rotatable bonds is 9. The molecule has 0 radical (unpaired) electrons. The molecule has 1 saturated heterocycles. The second-order valence-electron chi connectivity index (χ2n) is 5.69. The molecule has 2 rings (SSSR count). The fourth-order valence-electron chi connectivity index (χ4n) is 3.07. The quantitative estimate of drug-likeness (QED) is 0.294. The van der Waals surface area contributed by atoms with E-state index in [1.54, 1.807) is 14.2 Å². The Morgan fingerprint density at radius 3 is 2.44 bits per heavy atom. The van der Waals surface area contributed by atoms with Crippen LogP contribution in [0.2, 0.25) is 0 Å². The average molecular weight is 349 g/mol. The van der Waals surface area contributed by atoms with Gasteiger partial charge in [-0.1, -0.05) is 35.4 Å². The van der Waals surface area contributed by atoms with E-state index in [1.807, 2.05) is 30.3 Å². The maximum Gasteiger partial charge on any atom is 0.122 e. The molecule has 0 spiro atoms. The molecule has 8 nitrogen and oxygen atoms in total. The van der Waals surface area contributed by atoms with E-state index in [4.69, 9.17) is 24.5 Å². The van der Waals surface area contributed by atoms with Crippen LogP contribution in [-0.2, 0) is 30.3 Å². The highest BCUT2D eigenvalue weighted by Gasteiger charge is 2.46. The van der Waals surface area contributed by atoms with Crippen molar-refractivity contribution in [2.24, 2.45) is 5.11 Å². The van der Waals surface area contributed by atoms with Gasteiger partial charge in [0.15, 0.2) is 0 Å². The molecule has 1 aliphatic heterocycles. The zero-order valence-corrected chi connectivity index (χ0v) is 14.4. The number of ether oxygens (including phenoxy) is 4. The van der Waals surface area contributed by atoms with Crippen molar-refractivity contribution < 1.29 is 23.7 Å². The Hall–Kier alpha value is -1.96. The van der Waals surface area contributed by atoms with Crippen LogP contribution in [0.4, 0.5) is 0 Å². The summed E-state index contributed by atoms with van der Waals surface area (Å²) in [6, 6.07) is 9.73. The van der Waals surface area contributed by atoms with E-state index >= 15 is 0 Å². The summed E-state index contributed by atoms with van der Waals surface area (Å²) in [4.78, 5) is 13.8. The van der Waals surface area contributed by atoms with E-state index < -0.39 is 30.5 Å². The predicted octanol–water partition coefficient (Wildman–Crippen LogP) is 2.27. The fraction of sp³-hybridized carbons (Fsp3) is 0.588. The molecule has 0 aromatic heterocycles. The first-order valence-electron chi connectivity index (χ1n) is 8.06. The number of hydrogen-bond donors (Lipinski definition) is 0. The minimum atomic E-state index is -0.516. The molecule has 1 aliphatic rings. The third-order valence-corrected chi connectivity index (χ3v) is 4.21. The molecule has 0 bridgehead atoms. The zero-order valence-electron chi connectivity index (χ0n) is 14.4. The van der Waals surface area contributed by atoms with E-state index in [1.165, 1.54) is 0 Å². The Balaban J connectivity index is 2.20. The molecule has 0 unspecified atom stereocenters. The summed E-state index contributed by atoms with van der Waals surface area (Å²) < 4.78 is 23.1. The maximum absolute atomic E-state index is 11.0. The Bertz CT molecular complexity index is 579. The van der Waals surface area contributed by atoms with Crippen LogP contribution in [0.25, 0.3) is 10.4 Å². The molecule has 1 aromatic rings. The van der Waals surface area contributed by atoms with Crippen LogP contribution in [0.3, 0.4) is 0 Å². The molecule has 8 heteroatoms. The van der Waals surface area contributed by atoms with Crippen LogP contribution in [0.5, 0.6) is 0 Å². The van der Waals surface area contributed by atoms with Crippen molar-refractivity contribution >= 4 is 6.29 Å². The third kappa shape index (κ3) is 5.01. The van der Waals surface area contributed by atoms with Gasteiger partial charge in [-0.05, 0) is 11.1 Å². The van der Waals surface area contributed by atoms with Crippen molar-refractivity contribution in [3.63, 3.8) is 0 Å². The Morgan fingerprint density at radius 1 is 1.16 bits per heavy atom. The molecule has 0 saturated carbocycles. The van der Waals surface area contributed by atoms with Gasteiger partial charge in [0.05, 0.1) is 25.4 Å². The Morgan fingerprint density at radius 2 is 1.84 bits per heavy atom. The first-order chi connectivity index (χ1) is 12.2. The van der Waals surface area contributed by atoms with Gasteiger partial charge in [-0.2, -0.15) is 0 Å². The lowest BCUT2D eigenvalue weighted by atomic mass is 9.92. The molecule has 0 amide bonds. The average Bonchev–Trinajstić information content (AvgIpc) is 2.65. The maximum atomic E-state index is 11.0.